The van der Waals surface area contributed by atoms with Crippen LogP contribution in [0.15, 0.2) is 17.0 Å². The molecule has 1 aliphatic carbocycles. The SMILES string of the molecule is COc1cc(C)c(C)cc1S(=O)(=O)NC[C@H]1COC2(CCCCC2)O1. The Bertz CT molecular complexity index is 725. The first-order chi connectivity index (χ1) is 11.9. The molecule has 1 saturated carbocycles. The summed E-state index contributed by atoms with van der Waals surface area (Å²) in [7, 11) is -2.21. The molecule has 0 radical (unpaired) electrons. The monoisotopic (exact) mass is 369 g/mol. The van der Waals surface area contributed by atoms with Crippen LogP contribution in [0, 0.1) is 13.8 Å². The highest BCUT2D eigenvalue weighted by molar-refractivity contribution is 7.89. The maximum absolute atomic E-state index is 12.7. The Morgan fingerprint density at radius 1 is 1.20 bits per heavy atom. The average Bonchev–Trinajstić information content (AvgIpc) is 2.98. The fourth-order valence-electron chi connectivity index (χ4n) is 3.48. The van der Waals surface area contributed by atoms with E-state index in [9.17, 15) is 8.42 Å². The Labute approximate surface area is 149 Å². The van der Waals surface area contributed by atoms with Crippen molar-refractivity contribution >= 4 is 10.0 Å². The van der Waals surface area contributed by atoms with Crippen LogP contribution in [-0.2, 0) is 19.5 Å². The molecular weight excluding hydrogens is 342 g/mol. The molecule has 2 aliphatic rings. The zero-order chi connectivity index (χ0) is 18.1. The summed E-state index contributed by atoms with van der Waals surface area (Å²) in [5.74, 6) is -0.144. The predicted molar refractivity (Wildman–Crippen MR) is 94.3 cm³/mol. The molecule has 0 bridgehead atoms. The first-order valence-electron chi connectivity index (χ1n) is 8.82. The van der Waals surface area contributed by atoms with Crippen molar-refractivity contribution in [2.45, 2.75) is 62.7 Å². The van der Waals surface area contributed by atoms with Crippen LogP contribution in [0.1, 0.15) is 43.2 Å². The molecule has 25 heavy (non-hydrogen) atoms. The van der Waals surface area contributed by atoms with Gasteiger partial charge in [-0.15, -0.1) is 0 Å². The first-order valence-corrected chi connectivity index (χ1v) is 10.3. The maximum atomic E-state index is 12.7. The van der Waals surface area contributed by atoms with Crippen molar-refractivity contribution in [3.8, 4) is 5.75 Å². The van der Waals surface area contributed by atoms with Gasteiger partial charge in [-0.1, -0.05) is 6.42 Å². The summed E-state index contributed by atoms with van der Waals surface area (Å²) in [5, 5.41) is 0. The lowest BCUT2D eigenvalue weighted by atomic mass is 9.94. The molecule has 6 nitrogen and oxygen atoms in total. The van der Waals surface area contributed by atoms with Crippen molar-refractivity contribution in [3.63, 3.8) is 0 Å². The fourth-order valence-corrected chi connectivity index (χ4v) is 4.78. The minimum absolute atomic E-state index is 0.157. The Balaban J connectivity index is 1.68. The van der Waals surface area contributed by atoms with Gasteiger partial charge in [0, 0.05) is 19.4 Å². The van der Waals surface area contributed by atoms with Crippen molar-refractivity contribution in [2.24, 2.45) is 0 Å². The molecular formula is C18H27NO5S. The molecule has 2 fully saturated rings. The largest absolute Gasteiger partial charge is 0.495 e. The summed E-state index contributed by atoms with van der Waals surface area (Å²) in [5.41, 5.74) is 1.89. The van der Waals surface area contributed by atoms with Crippen molar-refractivity contribution < 1.29 is 22.6 Å². The lowest BCUT2D eigenvalue weighted by Gasteiger charge is -2.31. The molecule has 0 aromatic heterocycles. The van der Waals surface area contributed by atoms with E-state index < -0.39 is 15.8 Å². The van der Waals surface area contributed by atoms with Crippen LogP contribution < -0.4 is 9.46 Å². The van der Waals surface area contributed by atoms with Gasteiger partial charge < -0.3 is 14.2 Å². The molecule has 140 valence electrons. The Kier molecular flexibility index (Phi) is 5.39. The minimum atomic E-state index is -3.68. The van der Waals surface area contributed by atoms with Gasteiger partial charge in [-0.05, 0) is 49.9 Å². The van der Waals surface area contributed by atoms with Gasteiger partial charge in [-0.3, -0.25) is 0 Å². The lowest BCUT2D eigenvalue weighted by molar-refractivity contribution is -0.186. The molecule has 1 aliphatic heterocycles. The first kappa shape index (κ1) is 18.6. The van der Waals surface area contributed by atoms with E-state index in [1.807, 2.05) is 13.8 Å². The van der Waals surface area contributed by atoms with E-state index >= 15 is 0 Å². The second kappa shape index (κ2) is 7.23. The average molecular weight is 369 g/mol. The number of ether oxygens (including phenoxy) is 3. The number of rotatable bonds is 5. The van der Waals surface area contributed by atoms with E-state index in [1.165, 1.54) is 13.5 Å². The van der Waals surface area contributed by atoms with Gasteiger partial charge in [0.05, 0.1) is 19.8 Å². The molecule has 1 aromatic rings. The number of aryl methyl sites for hydroxylation is 2. The molecule has 0 amide bonds. The zero-order valence-corrected chi connectivity index (χ0v) is 15.9. The Morgan fingerprint density at radius 2 is 1.88 bits per heavy atom. The molecule has 1 saturated heterocycles. The molecule has 0 unspecified atom stereocenters. The summed E-state index contributed by atoms with van der Waals surface area (Å²) in [6.45, 7) is 4.43. The summed E-state index contributed by atoms with van der Waals surface area (Å²) in [4.78, 5) is 0.157. The van der Waals surface area contributed by atoms with E-state index in [0.717, 1.165) is 36.8 Å². The van der Waals surface area contributed by atoms with Gasteiger partial charge in [0.25, 0.3) is 0 Å². The predicted octanol–water partition coefficient (Wildman–Crippen LogP) is 2.67. The smallest absolute Gasteiger partial charge is 0.244 e. The van der Waals surface area contributed by atoms with Gasteiger partial charge >= 0.3 is 0 Å². The van der Waals surface area contributed by atoms with E-state index in [4.69, 9.17) is 14.2 Å². The molecule has 1 heterocycles. The number of benzene rings is 1. The Hall–Kier alpha value is -1.15. The van der Waals surface area contributed by atoms with Gasteiger partial charge in [-0.25, -0.2) is 13.1 Å². The highest BCUT2D eigenvalue weighted by Crippen LogP contribution is 2.37. The van der Waals surface area contributed by atoms with Crippen LogP contribution in [-0.4, -0.2) is 40.6 Å². The normalized spacial score (nSPS) is 23.1. The molecule has 1 aromatic carbocycles. The third-order valence-corrected chi connectivity index (χ3v) is 6.54. The van der Waals surface area contributed by atoms with Crippen LogP contribution >= 0.6 is 0 Å². The summed E-state index contributed by atoms with van der Waals surface area (Å²) in [6, 6.07) is 3.39. The second-order valence-electron chi connectivity index (χ2n) is 6.96. The number of sulfonamides is 1. The number of hydrogen-bond donors (Lipinski definition) is 1. The fraction of sp³-hybridized carbons (Fsp3) is 0.667. The van der Waals surface area contributed by atoms with Gasteiger partial charge in [0.15, 0.2) is 5.79 Å². The van der Waals surface area contributed by atoms with E-state index in [-0.39, 0.29) is 17.5 Å². The van der Waals surface area contributed by atoms with Gasteiger partial charge in [0.1, 0.15) is 10.6 Å². The molecule has 7 heteroatoms. The lowest BCUT2D eigenvalue weighted by Crippen LogP contribution is -2.37. The zero-order valence-electron chi connectivity index (χ0n) is 15.1. The van der Waals surface area contributed by atoms with E-state index in [0.29, 0.717) is 12.4 Å². The van der Waals surface area contributed by atoms with Crippen LogP contribution in [0.5, 0.6) is 5.75 Å². The summed E-state index contributed by atoms with van der Waals surface area (Å²) >= 11 is 0. The molecule has 3 rings (SSSR count). The number of hydrogen-bond acceptors (Lipinski definition) is 5. The highest BCUT2D eigenvalue weighted by Gasteiger charge is 2.42. The maximum Gasteiger partial charge on any atom is 0.244 e. The standard InChI is InChI=1S/C18H27NO5S/c1-13-9-16(22-3)17(10-14(13)2)25(20,21)19-11-15-12-23-18(24-15)7-5-4-6-8-18/h9-10,15,19H,4-8,11-12H2,1-3H3/t15-/m0/s1. The summed E-state index contributed by atoms with van der Waals surface area (Å²) in [6.07, 6.45) is 4.92. The topological polar surface area (TPSA) is 73.9 Å². The number of nitrogens with one attached hydrogen (secondary N) is 1. The van der Waals surface area contributed by atoms with Crippen molar-refractivity contribution in [3.05, 3.63) is 23.3 Å². The highest BCUT2D eigenvalue weighted by atomic mass is 32.2. The van der Waals surface area contributed by atoms with Crippen molar-refractivity contribution in [2.75, 3.05) is 20.3 Å². The van der Waals surface area contributed by atoms with Gasteiger partial charge in [-0.2, -0.15) is 0 Å². The minimum Gasteiger partial charge on any atom is -0.495 e. The third-order valence-electron chi connectivity index (χ3n) is 5.10. The van der Waals surface area contributed by atoms with Crippen LogP contribution in [0.4, 0.5) is 0 Å². The summed E-state index contributed by atoms with van der Waals surface area (Å²) < 4.78 is 45.2. The van der Waals surface area contributed by atoms with E-state index in [1.54, 1.807) is 12.1 Å². The molecule has 1 atom stereocenters. The van der Waals surface area contributed by atoms with Gasteiger partial charge in [0.2, 0.25) is 10.0 Å². The Morgan fingerprint density at radius 3 is 2.56 bits per heavy atom. The van der Waals surface area contributed by atoms with Crippen molar-refractivity contribution in [1.82, 2.24) is 4.72 Å². The van der Waals surface area contributed by atoms with Crippen molar-refractivity contribution in [1.29, 1.82) is 0 Å². The number of methoxy groups -OCH3 is 1. The van der Waals surface area contributed by atoms with E-state index in [2.05, 4.69) is 4.72 Å². The molecule has 1 spiro atoms. The van der Waals surface area contributed by atoms with Crippen LogP contribution in [0.3, 0.4) is 0 Å². The molecule has 1 N–H and O–H groups in total. The third kappa shape index (κ3) is 4.00. The quantitative estimate of drug-likeness (QED) is 0.864. The van der Waals surface area contributed by atoms with Crippen LogP contribution in [0.2, 0.25) is 0 Å². The second-order valence-corrected chi connectivity index (χ2v) is 8.70. The van der Waals surface area contributed by atoms with Crippen LogP contribution in [0.25, 0.3) is 0 Å².